The normalized spacial score (nSPS) is 15.5. The standard InChI is InChI=1S/C33H21BrN4O6S/c34-22-10-7-21(8-11-22)31-26-15-9-20-3-1-2-4-25(20)30(26)35-33-36(31)32(39)29(45-33)17-19-5-13-24(14-6-19)44-28-16-12-23(37(40)41)18-27(28)38(42)43/h1-8,10-14,16-18,31H,9,15H2/b29-17+/t31-/m0/s1. The van der Waals surface area contributed by atoms with Crippen LogP contribution in [0.3, 0.4) is 0 Å². The molecule has 4 aromatic carbocycles. The molecule has 0 saturated carbocycles. The monoisotopic (exact) mass is 680 g/mol. The molecule has 0 amide bonds. The molecule has 45 heavy (non-hydrogen) atoms. The first kappa shape index (κ1) is 28.6. The summed E-state index contributed by atoms with van der Waals surface area (Å²) in [5.74, 6) is 0.178. The average molecular weight is 682 g/mol. The third kappa shape index (κ3) is 5.28. The highest BCUT2D eigenvalue weighted by molar-refractivity contribution is 9.10. The van der Waals surface area contributed by atoms with Gasteiger partial charge in [0.2, 0.25) is 5.75 Å². The van der Waals surface area contributed by atoms with E-state index in [1.807, 2.05) is 36.4 Å². The highest BCUT2D eigenvalue weighted by Gasteiger charge is 2.32. The van der Waals surface area contributed by atoms with Crippen molar-refractivity contribution in [1.82, 2.24) is 4.57 Å². The molecule has 12 heteroatoms. The van der Waals surface area contributed by atoms with E-state index in [0.717, 1.165) is 57.4 Å². The number of nitro groups is 2. The van der Waals surface area contributed by atoms with Gasteiger partial charge in [-0.15, -0.1) is 0 Å². The van der Waals surface area contributed by atoms with Crippen LogP contribution in [0.2, 0.25) is 0 Å². The van der Waals surface area contributed by atoms with E-state index in [9.17, 15) is 25.0 Å². The quantitative estimate of drug-likeness (QED) is 0.145. The zero-order valence-electron chi connectivity index (χ0n) is 23.3. The van der Waals surface area contributed by atoms with Crippen molar-refractivity contribution in [3.05, 3.63) is 163 Å². The van der Waals surface area contributed by atoms with Gasteiger partial charge in [0.1, 0.15) is 5.75 Å². The molecule has 0 N–H and O–H groups in total. The zero-order chi connectivity index (χ0) is 31.2. The maximum Gasteiger partial charge on any atom is 0.318 e. The first-order valence-electron chi connectivity index (χ1n) is 13.9. The summed E-state index contributed by atoms with van der Waals surface area (Å²) < 4.78 is 8.95. The third-order valence-corrected chi connectivity index (χ3v) is 9.33. The van der Waals surface area contributed by atoms with E-state index < -0.39 is 21.2 Å². The highest BCUT2D eigenvalue weighted by atomic mass is 79.9. The molecule has 1 aromatic heterocycles. The number of non-ortho nitro benzene ring substituents is 1. The maximum absolute atomic E-state index is 14.0. The summed E-state index contributed by atoms with van der Waals surface area (Å²) in [4.78, 5) is 40.8. The summed E-state index contributed by atoms with van der Waals surface area (Å²) in [6, 6.07) is 26.0. The van der Waals surface area contributed by atoms with Crippen molar-refractivity contribution in [3.63, 3.8) is 0 Å². The number of hydrogen-bond donors (Lipinski definition) is 0. The molecule has 0 bridgehead atoms. The van der Waals surface area contributed by atoms with Crippen LogP contribution in [0.1, 0.15) is 34.7 Å². The molecular weight excluding hydrogens is 660 g/mol. The third-order valence-electron chi connectivity index (χ3n) is 7.81. The van der Waals surface area contributed by atoms with E-state index in [2.05, 4.69) is 28.1 Å². The van der Waals surface area contributed by atoms with Gasteiger partial charge in [-0.05, 0) is 71.5 Å². The Morgan fingerprint density at radius 1 is 0.933 bits per heavy atom. The van der Waals surface area contributed by atoms with Crippen LogP contribution in [-0.4, -0.2) is 14.4 Å². The van der Waals surface area contributed by atoms with Gasteiger partial charge < -0.3 is 4.74 Å². The Kier molecular flexibility index (Phi) is 7.22. The first-order chi connectivity index (χ1) is 21.8. The summed E-state index contributed by atoms with van der Waals surface area (Å²) in [5, 5.41) is 22.5. The lowest BCUT2D eigenvalue weighted by molar-refractivity contribution is -0.394. The Morgan fingerprint density at radius 3 is 2.42 bits per heavy atom. The number of nitro benzene ring substituents is 2. The number of nitrogens with zero attached hydrogens (tertiary/aromatic N) is 4. The van der Waals surface area contributed by atoms with Crippen LogP contribution >= 0.6 is 27.3 Å². The maximum atomic E-state index is 14.0. The van der Waals surface area contributed by atoms with Crippen LogP contribution in [0, 0.1) is 20.2 Å². The first-order valence-corrected chi connectivity index (χ1v) is 15.5. The Hall–Kier alpha value is -5.20. The van der Waals surface area contributed by atoms with Gasteiger partial charge in [0.05, 0.1) is 32.2 Å². The summed E-state index contributed by atoms with van der Waals surface area (Å²) in [5.41, 5.74) is 5.07. The van der Waals surface area contributed by atoms with Gasteiger partial charge in [-0.2, -0.15) is 0 Å². The van der Waals surface area contributed by atoms with Gasteiger partial charge in [-0.3, -0.25) is 29.6 Å². The number of ether oxygens (including phenoxy) is 1. The zero-order valence-corrected chi connectivity index (χ0v) is 25.7. The molecule has 5 aromatic rings. The summed E-state index contributed by atoms with van der Waals surface area (Å²) in [6.07, 6.45) is 3.46. The van der Waals surface area contributed by atoms with Gasteiger partial charge in [0, 0.05) is 16.1 Å². The van der Waals surface area contributed by atoms with E-state index in [1.165, 1.54) is 23.0 Å². The molecule has 1 aliphatic heterocycles. The number of thiazole rings is 1. The lowest BCUT2D eigenvalue weighted by atomic mass is 9.83. The minimum atomic E-state index is -0.728. The molecule has 0 fully saturated rings. The lowest BCUT2D eigenvalue weighted by Crippen LogP contribution is -2.38. The van der Waals surface area contributed by atoms with E-state index in [4.69, 9.17) is 9.73 Å². The molecule has 2 aliphatic rings. The smallest absolute Gasteiger partial charge is 0.318 e. The molecule has 0 spiro atoms. The minimum absolute atomic E-state index is 0.120. The molecule has 2 heterocycles. The lowest BCUT2D eigenvalue weighted by Gasteiger charge is -2.30. The van der Waals surface area contributed by atoms with Crippen LogP contribution in [0.15, 0.2) is 111 Å². The van der Waals surface area contributed by atoms with Crippen LogP contribution in [0.5, 0.6) is 11.5 Å². The number of fused-ring (bicyclic) bond motifs is 3. The van der Waals surface area contributed by atoms with Gasteiger partial charge in [-0.25, -0.2) is 4.99 Å². The summed E-state index contributed by atoms with van der Waals surface area (Å²) >= 11 is 4.85. The van der Waals surface area contributed by atoms with Gasteiger partial charge in [-0.1, -0.05) is 75.8 Å². The highest BCUT2D eigenvalue weighted by Crippen LogP contribution is 2.41. The second-order valence-electron chi connectivity index (χ2n) is 10.5. The fourth-order valence-electron chi connectivity index (χ4n) is 5.73. The molecule has 10 nitrogen and oxygen atoms in total. The second kappa shape index (κ2) is 11.4. The van der Waals surface area contributed by atoms with Crippen LogP contribution < -0.4 is 19.6 Å². The van der Waals surface area contributed by atoms with Crippen LogP contribution in [0.25, 0.3) is 11.8 Å². The number of aromatic nitrogens is 1. The summed E-state index contributed by atoms with van der Waals surface area (Å²) in [7, 11) is 0. The Bertz CT molecular complexity index is 2240. The van der Waals surface area contributed by atoms with Gasteiger partial charge >= 0.3 is 5.69 Å². The molecule has 1 atom stereocenters. The second-order valence-corrected chi connectivity index (χ2v) is 12.4. The van der Waals surface area contributed by atoms with Gasteiger partial charge in [0.15, 0.2) is 4.80 Å². The molecule has 222 valence electrons. The number of rotatable bonds is 6. The predicted octanol–water partition coefficient (Wildman–Crippen LogP) is 6.69. The van der Waals surface area contributed by atoms with Crippen LogP contribution in [0.4, 0.5) is 11.4 Å². The number of aryl methyl sites for hydroxylation is 1. The van der Waals surface area contributed by atoms with E-state index >= 15 is 0 Å². The Morgan fingerprint density at radius 2 is 1.69 bits per heavy atom. The SMILES string of the molecule is O=c1/c(=C\c2ccc(Oc3ccc([N+](=O)[O-])cc3[N+](=O)[O-])cc2)sc2n1[C@@H](c1ccc(Br)cc1)C1=C(N=2)c2ccccc2CC1. The summed E-state index contributed by atoms with van der Waals surface area (Å²) in [6.45, 7) is 0. The number of halogens is 1. The van der Waals surface area contributed by atoms with Crippen molar-refractivity contribution in [2.45, 2.75) is 18.9 Å². The van der Waals surface area contributed by atoms with Gasteiger partial charge in [0.25, 0.3) is 11.2 Å². The van der Waals surface area contributed by atoms with Crippen molar-refractivity contribution in [3.8, 4) is 11.5 Å². The Balaban J connectivity index is 1.27. The number of benzene rings is 4. The van der Waals surface area contributed by atoms with Crippen LogP contribution in [-0.2, 0) is 6.42 Å². The number of hydrogen-bond acceptors (Lipinski definition) is 8. The van der Waals surface area contributed by atoms with E-state index in [1.54, 1.807) is 34.9 Å². The number of allylic oxidation sites excluding steroid dienone is 1. The largest absolute Gasteiger partial charge is 0.450 e. The van der Waals surface area contributed by atoms with Crippen molar-refractivity contribution in [2.75, 3.05) is 0 Å². The molecule has 0 saturated heterocycles. The molecular formula is C33H21BrN4O6S. The van der Waals surface area contributed by atoms with E-state index in [-0.39, 0.29) is 17.4 Å². The van der Waals surface area contributed by atoms with Crippen molar-refractivity contribution >= 4 is 50.4 Å². The molecule has 1 aliphatic carbocycles. The fraction of sp³-hybridized carbons (Fsp3) is 0.0909. The van der Waals surface area contributed by atoms with E-state index in [0.29, 0.717) is 15.1 Å². The van der Waals surface area contributed by atoms with Crippen molar-refractivity contribution in [1.29, 1.82) is 0 Å². The predicted molar refractivity (Wildman–Crippen MR) is 173 cm³/mol. The minimum Gasteiger partial charge on any atom is -0.450 e. The van der Waals surface area contributed by atoms with Crippen molar-refractivity contribution in [2.24, 2.45) is 4.99 Å². The molecule has 0 unspecified atom stereocenters. The molecule has 0 radical (unpaired) electrons. The fourth-order valence-corrected chi connectivity index (χ4v) is 6.99. The van der Waals surface area contributed by atoms with Crippen molar-refractivity contribution < 1.29 is 14.6 Å². The Labute approximate surface area is 267 Å². The molecule has 7 rings (SSSR count). The average Bonchev–Trinajstić information content (AvgIpc) is 3.35. The topological polar surface area (TPSA) is 130 Å².